The van der Waals surface area contributed by atoms with E-state index in [1.807, 2.05) is 4.90 Å². The predicted molar refractivity (Wildman–Crippen MR) is 123 cm³/mol. The third-order valence-corrected chi connectivity index (χ3v) is 5.59. The second-order valence-electron chi connectivity index (χ2n) is 7.41. The van der Waals surface area contributed by atoms with E-state index >= 15 is 0 Å². The molecule has 2 rings (SSSR count). The lowest BCUT2D eigenvalue weighted by Gasteiger charge is -2.19. The molecule has 0 fully saturated rings. The first kappa shape index (κ1) is 27.4. The second-order valence-corrected chi connectivity index (χ2v) is 8.19. The van der Waals surface area contributed by atoms with Gasteiger partial charge >= 0.3 is 6.03 Å². The van der Waals surface area contributed by atoms with Crippen LogP contribution in [-0.2, 0) is 6.61 Å². The topological polar surface area (TPSA) is 150 Å². The number of halogens is 2. The maximum Gasteiger partial charge on any atom is 0.319 e. The van der Waals surface area contributed by atoms with Gasteiger partial charge in [0.05, 0.1) is 13.2 Å². The van der Waals surface area contributed by atoms with E-state index in [1.165, 1.54) is 6.92 Å². The van der Waals surface area contributed by atoms with Crippen molar-refractivity contribution in [3.63, 3.8) is 0 Å². The number of aliphatic hydroxyl groups excluding tert-OH is 2. The number of carbonyl (C=O) groups is 2. The maximum absolute atomic E-state index is 14.0. The number of unbranched alkanes of at least 4 members (excludes halogenated alkanes) is 1. The molecule has 6 N–H and O–H groups in total. The SMILES string of the molecule is Cc1cc(F)c(COc2nsc(NC(=O)NCCCCN(CCO)CCO)c2C(N)=O)cc1F. The fraction of sp³-hybridized carbons (Fsp3) is 0.476. The summed E-state index contributed by atoms with van der Waals surface area (Å²) in [4.78, 5) is 26.0. The van der Waals surface area contributed by atoms with Crippen LogP contribution in [0.4, 0.5) is 18.6 Å². The van der Waals surface area contributed by atoms with Gasteiger partial charge in [0, 0.05) is 25.2 Å². The van der Waals surface area contributed by atoms with E-state index in [-0.39, 0.29) is 47.4 Å². The van der Waals surface area contributed by atoms with Crippen LogP contribution in [-0.4, -0.2) is 70.8 Å². The van der Waals surface area contributed by atoms with Crippen molar-refractivity contribution in [3.8, 4) is 5.88 Å². The molecule has 1 heterocycles. The van der Waals surface area contributed by atoms with Gasteiger partial charge in [0.25, 0.3) is 5.91 Å². The number of amides is 3. The van der Waals surface area contributed by atoms with Crippen LogP contribution in [0.2, 0.25) is 0 Å². The minimum Gasteiger partial charge on any atom is -0.471 e. The van der Waals surface area contributed by atoms with E-state index in [0.29, 0.717) is 32.6 Å². The molecule has 3 amide bonds. The van der Waals surface area contributed by atoms with Gasteiger partial charge in [-0.25, -0.2) is 13.6 Å². The largest absolute Gasteiger partial charge is 0.471 e. The van der Waals surface area contributed by atoms with Gasteiger partial charge in [-0.1, -0.05) is 0 Å². The van der Waals surface area contributed by atoms with Crippen LogP contribution in [0.3, 0.4) is 0 Å². The average Bonchev–Trinajstić information content (AvgIpc) is 3.17. The van der Waals surface area contributed by atoms with Gasteiger partial charge in [-0.3, -0.25) is 15.0 Å². The van der Waals surface area contributed by atoms with Gasteiger partial charge < -0.3 is 26.0 Å². The van der Waals surface area contributed by atoms with E-state index in [1.54, 1.807) is 0 Å². The molecule has 0 aliphatic rings. The number of aromatic nitrogens is 1. The van der Waals surface area contributed by atoms with Crippen molar-refractivity contribution in [3.05, 3.63) is 40.5 Å². The summed E-state index contributed by atoms with van der Waals surface area (Å²) < 4.78 is 37.1. The van der Waals surface area contributed by atoms with Crippen LogP contribution >= 0.6 is 11.5 Å². The number of aliphatic hydroxyl groups is 2. The highest BCUT2D eigenvalue weighted by Crippen LogP contribution is 2.31. The van der Waals surface area contributed by atoms with Gasteiger partial charge in [-0.15, -0.1) is 0 Å². The number of benzene rings is 1. The fourth-order valence-corrected chi connectivity index (χ4v) is 3.78. The Morgan fingerprint density at radius 2 is 1.85 bits per heavy atom. The zero-order chi connectivity index (χ0) is 25.1. The molecule has 0 bridgehead atoms. The van der Waals surface area contributed by atoms with Gasteiger partial charge in [0.1, 0.15) is 28.8 Å². The monoisotopic (exact) mass is 501 g/mol. The number of hydrogen-bond acceptors (Lipinski definition) is 8. The van der Waals surface area contributed by atoms with Crippen molar-refractivity contribution in [1.29, 1.82) is 0 Å². The molecule has 0 unspecified atom stereocenters. The van der Waals surface area contributed by atoms with Crippen molar-refractivity contribution in [2.24, 2.45) is 5.73 Å². The highest BCUT2D eigenvalue weighted by atomic mass is 32.1. The minimum absolute atomic E-state index is 0.000249. The lowest BCUT2D eigenvalue weighted by atomic mass is 10.1. The van der Waals surface area contributed by atoms with E-state index in [9.17, 15) is 18.4 Å². The van der Waals surface area contributed by atoms with Gasteiger partial charge in [-0.05, 0) is 55.5 Å². The third-order valence-electron chi connectivity index (χ3n) is 4.85. The maximum atomic E-state index is 14.0. The zero-order valence-corrected chi connectivity index (χ0v) is 19.6. The highest BCUT2D eigenvalue weighted by Gasteiger charge is 2.22. The van der Waals surface area contributed by atoms with Crippen molar-refractivity contribution >= 4 is 28.5 Å². The van der Waals surface area contributed by atoms with Crippen molar-refractivity contribution < 1.29 is 33.3 Å². The molecule has 0 radical (unpaired) electrons. The summed E-state index contributed by atoms with van der Waals surface area (Å²) in [5.74, 6) is -2.35. The minimum atomic E-state index is -0.900. The first-order valence-electron chi connectivity index (χ1n) is 10.6. The highest BCUT2D eigenvalue weighted by molar-refractivity contribution is 7.11. The molecule has 0 spiro atoms. The Labute approximate surface area is 199 Å². The lowest BCUT2D eigenvalue weighted by molar-refractivity contribution is 0.0996. The van der Waals surface area contributed by atoms with Crippen LogP contribution in [0.1, 0.15) is 34.3 Å². The molecule has 188 valence electrons. The Bertz CT molecular complexity index is 969. The molecule has 0 saturated carbocycles. The third kappa shape index (κ3) is 8.17. The Morgan fingerprint density at radius 1 is 1.15 bits per heavy atom. The molecular formula is C21H29F2N5O5S. The summed E-state index contributed by atoms with van der Waals surface area (Å²) in [6.07, 6.45) is 1.39. The molecule has 0 aliphatic heterocycles. The smallest absolute Gasteiger partial charge is 0.319 e. The van der Waals surface area contributed by atoms with Gasteiger partial charge in [0.15, 0.2) is 0 Å². The van der Waals surface area contributed by atoms with Crippen molar-refractivity contribution in [2.75, 3.05) is 44.7 Å². The van der Waals surface area contributed by atoms with E-state index in [0.717, 1.165) is 30.1 Å². The summed E-state index contributed by atoms with van der Waals surface area (Å²) in [5, 5.41) is 23.2. The molecule has 13 heteroatoms. The number of rotatable bonds is 14. The predicted octanol–water partition coefficient (Wildman–Crippen LogP) is 1.60. The molecule has 1 aromatic carbocycles. The number of nitrogens with zero attached hydrogens (tertiary/aromatic N) is 2. The summed E-state index contributed by atoms with van der Waals surface area (Å²) in [7, 11) is 0. The first-order valence-corrected chi connectivity index (χ1v) is 11.4. The van der Waals surface area contributed by atoms with Crippen LogP contribution in [0, 0.1) is 18.6 Å². The van der Waals surface area contributed by atoms with Crippen LogP contribution in [0.5, 0.6) is 5.88 Å². The Morgan fingerprint density at radius 3 is 2.50 bits per heavy atom. The molecule has 0 atom stereocenters. The first-order chi connectivity index (χ1) is 16.3. The number of nitrogens with two attached hydrogens (primary N) is 1. The molecule has 2 aromatic rings. The molecule has 0 aliphatic carbocycles. The fourth-order valence-electron chi connectivity index (χ4n) is 3.05. The van der Waals surface area contributed by atoms with Crippen molar-refractivity contribution in [1.82, 2.24) is 14.6 Å². The van der Waals surface area contributed by atoms with E-state index < -0.39 is 23.6 Å². The zero-order valence-electron chi connectivity index (χ0n) is 18.8. The summed E-state index contributed by atoms with van der Waals surface area (Å²) in [5.41, 5.74) is 5.32. The van der Waals surface area contributed by atoms with Crippen LogP contribution in [0.25, 0.3) is 0 Å². The molecule has 10 nitrogen and oxygen atoms in total. The second kappa shape index (κ2) is 13.7. The molecule has 34 heavy (non-hydrogen) atoms. The van der Waals surface area contributed by atoms with Crippen LogP contribution < -0.4 is 21.1 Å². The number of primary amides is 1. The van der Waals surface area contributed by atoms with Crippen LogP contribution in [0.15, 0.2) is 12.1 Å². The Hall–Kier alpha value is -2.87. The quantitative estimate of drug-likeness (QED) is 0.247. The summed E-state index contributed by atoms with van der Waals surface area (Å²) in [6, 6.07) is 1.46. The standard InChI is InChI=1S/C21H29F2N5O5S/c1-13-10-16(23)14(11-15(13)22)12-33-19-17(18(24)31)20(34-27-19)26-21(32)25-4-2-3-5-28(6-8-29)7-9-30/h10-11,29-30H,2-9,12H2,1H3,(H2,24,31)(H2,25,26,32). The number of ether oxygens (including phenoxy) is 1. The molecule has 0 saturated heterocycles. The summed E-state index contributed by atoms with van der Waals surface area (Å²) in [6.45, 7) is 2.99. The summed E-state index contributed by atoms with van der Waals surface area (Å²) >= 11 is 0.767. The number of nitrogens with one attached hydrogen (secondary N) is 2. The molecular weight excluding hydrogens is 472 g/mol. The molecule has 1 aromatic heterocycles. The van der Waals surface area contributed by atoms with E-state index in [2.05, 4.69) is 15.0 Å². The normalized spacial score (nSPS) is 11.0. The number of aryl methyl sites for hydroxylation is 1. The lowest BCUT2D eigenvalue weighted by Crippen LogP contribution is -2.32. The van der Waals surface area contributed by atoms with Gasteiger partial charge in [0.2, 0.25) is 5.88 Å². The van der Waals surface area contributed by atoms with Crippen molar-refractivity contribution in [2.45, 2.75) is 26.4 Å². The van der Waals surface area contributed by atoms with Gasteiger partial charge in [-0.2, -0.15) is 4.37 Å². The number of hydrogen-bond donors (Lipinski definition) is 5. The Balaban J connectivity index is 1.88. The Kier molecular flexibility index (Phi) is 11.1. The average molecular weight is 502 g/mol. The van der Waals surface area contributed by atoms with E-state index in [4.69, 9.17) is 20.7 Å². The number of urea groups is 1. The number of carbonyl (C=O) groups excluding carboxylic acids is 2. The number of anilines is 1.